The summed E-state index contributed by atoms with van der Waals surface area (Å²) in [5.74, 6) is -0.193. The van der Waals surface area contributed by atoms with Crippen LogP contribution in [-0.4, -0.2) is 25.8 Å². The van der Waals surface area contributed by atoms with Gasteiger partial charge in [0.2, 0.25) is 0 Å². The van der Waals surface area contributed by atoms with Crippen molar-refractivity contribution in [2.75, 3.05) is 12.9 Å². The molecular weight excluding hydrogens is 312 g/mol. The summed E-state index contributed by atoms with van der Waals surface area (Å²) >= 11 is 5.90. The molecule has 0 saturated heterocycles. The Morgan fingerprint density at radius 1 is 1.24 bits per heavy atom. The Hall–Kier alpha value is -0.620. The van der Waals surface area contributed by atoms with E-state index < -0.39 is 10.1 Å². The summed E-state index contributed by atoms with van der Waals surface area (Å²) in [5, 5.41) is 0.680. The predicted octanol–water partition coefficient (Wildman–Crippen LogP) is 4.11. The highest BCUT2D eigenvalue weighted by Crippen LogP contribution is 2.40. The van der Waals surface area contributed by atoms with Gasteiger partial charge in [-0.1, -0.05) is 44.0 Å². The first kappa shape index (κ1) is 18.4. The summed E-state index contributed by atoms with van der Waals surface area (Å²) in [6.07, 6.45) is 1.85. The lowest BCUT2D eigenvalue weighted by Gasteiger charge is -2.34. The minimum Gasteiger partial charge on any atom is -0.376 e. The van der Waals surface area contributed by atoms with Crippen LogP contribution in [0.25, 0.3) is 0 Å². The maximum absolute atomic E-state index is 10.7. The van der Waals surface area contributed by atoms with Crippen LogP contribution in [0.1, 0.15) is 44.8 Å². The SMILES string of the molecule is COC(c1ccc(Cl)cc1)C(C)(C)CCCCS(=O)(=O)O. The minimum atomic E-state index is -3.87. The van der Waals surface area contributed by atoms with Crippen molar-refractivity contribution in [3.8, 4) is 0 Å². The molecule has 6 heteroatoms. The summed E-state index contributed by atoms with van der Waals surface area (Å²) in [7, 11) is -2.20. The molecule has 1 aromatic rings. The van der Waals surface area contributed by atoms with Crippen LogP contribution in [0.5, 0.6) is 0 Å². The molecule has 1 atom stereocenters. The molecule has 0 saturated carbocycles. The average molecular weight is 335 g/mol. The number of hydrogen-bond acceptors (Lipinski definition) is 3. The first-order chi connectivity index (χ1) is 9.65. The second-order valence-corrected chi connectivity index (χ2v) is 7.91. The van der Waals surface area contributed by atoms with E-state index in [0.29, 0.717) is 17.9 Å². The van der Waals surface area contributed by atoms with Crippen LogP contribution in [0.3, 0.4) is 0 Å². The van der Waals surface area contributed by atoms with Crippen LogP contribution in [0.15, 0.2) is 24.3 Å². The molecule has 0 aromatic heterocycles. The van der Waals surface area contributed by atoms with E-state index in [4.69, 9.17) is 20.9 Å². The van der Waals surface area contributed by atoms with E-state index in [2.05, 4.69) is 13.8 Å². The first-order valence-corrected chi connectivity index (χ1v) is 8.88. The smallest absolute Gasteiger partial charge is 0.264 e. The average Bonchev–Trinajstić information content (AvgIpc) is 2.36. The van der Waals surface area contributed by atoms with E-state index in [-0.39, 0.29) is 17.3 Å². The van der Waals surface area contributed by atoms with Crippen molar-refractivity contribution >= 4 is 21.7 Å². The minimum absolute atomic E-state index is 0.0968. The Kier molecular flexibility index (Phi) is 6.66. The topological polar surface area (TPSA) is 63.6 Å². The second kappa shape index (κ2) is 7.58. The third kappa shape index (κ3) is 6.34. The molecule has 0 amide bonds. The summed E-state index contributed by atoms with van der Waals surface area (Å²) in [6.45, 7) is 4.17. The predicted molar refractivity (Wildman–Crippen MR) is 85.2 cm³/mol. The van der Waals surface area contributed by atoms with Gasteiger partial charge in [0, 0.05) is 12.1 Å². The lowest BCUT2D eigenvalue weighted by Crippen LogP contribution is -2.24. The highest BCUT2D eigenvalue weighted by atomic mass is 35.5. The molecule has 4 nitrogen and oxygen atoms in total. The van der Waals surface area contributed by atoms with Gasteiger partial charge in [0.1, 0.15) is 0 Å². The van der Waals surface area contributed by atoms with E-state index in [9.17, 15) is 8.42 Å². The van der Waals surface area contributed by atoms with Gasteiger partial charge in [0.15, 0.2) is 0 Å². The van der Waals surface area contributed by atoms with E-state index in [0.717, 1.165) is 12.0 Å². The number of benzene rings is 1. The second-order valence-electron chi connectivity index (χ2n) is 5.90. The molecule has 0 aliphatic rings. The number of rotatable bonds is 8. The third-order valence-corrected chi connectivity index (χ3v) is 4.65. The summed E-state index contributed by atoms with van der Waals surface area (Å²) in [4.78, 5) is 0. The van der Waals surface area contributed by atoms with Gasteiger partial charge in [-0.2, -0.15) is 8.42 Å². The van der Waals surface area contributed by atoms with Crippen molar-refractivity contribution in [2.45, 2.75) is 39.2 Å². The van der Waals surface area contributed by atoms with Crippen molar-refractivity contribution in [3.63, 3.8) is 0 Å². The molecule has 0 aliphatic heterocycles. The van der Waals surface area contributed by atoms with Crippen LogP contribution in [0, 0.1) is 5.41 Å². The van der Waals surface area contributed by atoms with Crippen LogP contribution in [0.2, 0.25) is 5.02 Å². The Labute approximate surface area is 132 Å². The molecule has 0 bridgehead atoms. The lowest BCUT2D eigenvalue weighted by atomic mass is 9.78. The van der Waals surface area contributed by atoms with Gasteiger partial charge < -0.3 is 4.74 Å². The maximum Gasteiger partial charge on any atom is 0.264 e. The Morgan fingerprint density at radius 3 is 2.29 bits per heavy atom. The van der Waals surface area contributed by atoms with Crippen LogP contribution in [-0.2, 0) is 14.9 Å². The van der Waals surface area contributed by atoms with Crippen molar-refractivity contribution in [3.05, 3.63) is 34.9 Å². The molecule has 1 unspecified atom stereocenters. The number of halogens is 1. The van der Waals surface area contributed by atoms with Gasteiger partial charge in [-0.15, -0.1) is 0 Å². The fourth-order valence-corrected chi connectivity index (χ4v) is 3.23. The molecule has 0 aliphatic carbocycles. The molecule has 0 radical (unpaired) electrons. The third-order valence-electron chi connectivity index (χ3n) is 3.59. The molecule has 0 fully saturated rings. The van der Waals surface area contributed by atoms with E-state index >= 15 is 0 Å². The number of ether oxygens (including phenoxy) is 1. The Bertz CT molecular complexity index is 537. The summed E-state index contributed by atoms with van der Waals surface area (Å²) < 4.78 is 35.8. The summed E-state index contributed by atoms with van der Waals surface area (Å²) in [5.41, 5.74) is 0.892. The number of unbranched alkanes of at least 4 members (excludes halogenated alkanes) is 1. The van der Waals surface area contributed by atoms with E-state index in [1.165, 1.54) is 0 Å². The van der Waals surface area contributed by atoms with Crippen molar-refractivity contribution in [2.24, 2.45) is 5.41 Å². The highest BCUT2D eigenvalue weighted by molar-refractivity contribution is 7.85. The monoisotopic (exact) mass is 334 g/mol. The molecule has 1 rings (SSSR count). The van der Waals surface area contributed by atoms with Crippen LogP contribution < -0.4 is 0 Å². The zero-order valence-electron chi connectivity index (χ0n) is 12.7. The molecule has 1 aromatic carbocycles. The zero-order chi connectivity index (χ0) is 16.1. The van der Waals surface area contributed by atoms with Crippen molar-refractivity contribution in [1.29, 1.82) is 0 Å². The van der Waals surface area contributed by atoms with Crippen molar-refractivity contribution < 1.29 is 17.7 Å². The standard InChI is InChI=1S/C15H23ClO4S/c1-15(2,10-4-5-11-21(17,18)19)14(20-3)12-6-8-13(16)9-7-12/h6-9,14H,4-5,10-11H2,1-3H3,(H,17,18,19). The number of methoxy groups -OCH3 is 1. The zero-order valence-corrected chi connectivity index (χ0v) is 14.2. The summed E-state index contributed by atoms with van der Waals surface area (Å²) in [6, 6.07) is 7.54. The van der Waals surface area contributed by atoms with E-state index in [1.54, 1.807) is 7.11 Å². The molecule has 1 N–H and O–H groups in total. The first-order valence-electron chi connectivity index (χ1n) is 6.89. The Morgan fingerprint density at radius 2 is 1.81 bits per heavy atom. The molecule has 120 valence electrons. The van der Waals surface area contributed by atoms with Crippen molar-refractivity contribution in [1.82, 2.24) is 0 Å². The molecule has 0 spiro atoms. The fourth-order valence-electron chi connectivity index (χ4n) is 2.54. The quantitative estimate of drug-likeness (QED) is 0.574. The van der Waals surface area contributed by atoms with Crippen LogP contribution in [0.4, 0.5) is 0 Å². The largest absolute Gasteiger partial charge is 0.376 e. The number of hydrogen-bond donors (Lipinski definition) is 1. The van der Waals surface area contributed by atoms with E-state index in [1.807, 2.05) is 24.3 Å². The van der Waals surface area contributed by atoms with Gasteiger partial charge in [-0.05, 0) is 36.0 Å². The molecular formula is C15H23ClO4S. The lowest BCUT2D eigenvalue weighted by molar-refractivity contribution is -0.000761. The maximum atomic E-state index is 10.7. The van der Waals surface area contributed by atoms with Gasteiger partial charge in [-0.3, -0.25) is 4.55 Å². The van der Waals surface area contributed by atoms with Gasteiger partial charge >= 0.3 is 0 Å². The Balaban J connectivity index is 2.67. The highest BCUT2D eigenvalue weighted by Gasteiger charge is 2.30. The molecule has 0 heterocycles. The van der Waals surface area contributed by atoms with Gasteiger partial charge in [0.25, 0.3) is 10.1 Å². The van der Waals surface area contributed by atoms with Crippen LogP contribution >= 0.6 is 11.6 Å². The molecule has 21 heavy (non-hydrogen) atoms. The fraction of sp³-hybridized carbons (Fsp3) is 0.600. The van der Waals surface area contributed by atoms with Gasteiger partial charge in [-0.25, -0.2) is 0 Å². The van der Waals surface area contributed by atoms with Gasteiger partial charge in [0.05, 0.1) is 11.9 Å². The normalized spacial score (nSPS) is 14.1.